The van der Waals surface area contributed by atoms with Crippen molar-refractivity contribution in [2.75, 3.05) is 11.5 Å². The quantitative estimate of drug-likeness (QED) is 0.0614. The molecular formula is C31H27Cl2N3O4S2. The number of carbonyl (C=O) groups excluding carboxylic acids is 2. The molecule has 5 rings (SSSR count). The van der Waals surface area contributed by atoms with Crippen LogP contribution in [0, 0.1) is 5.92 Å². The first-order valence-electron chi connectivity index (χ1n) is 13.2. The molecular weight excluding hydrogens is 613 g/mol. The molecule has 42 heavy (non-hydrogen) atoms. The molecule has 1 saturated heterocycles. The molecule has 1 aromatic heterocycles. The number of thioether (sulfide) groups is 1. The third-order valence-electron chi connectivity index (χ3n) is 6.60. The van der Waals surface area contributed by atoms with E-state index < -0.39 is 17.7 Å². The van der Waals surface area contributed by atoms with Gasteiger partial charge in [0.2, 0.25) is 5.13 Å². The Balaban J connectivity index is 1.51. The Morgan fingerprint density at radius 2 is 1.83 bits per heavy atom. The second-order valence-corrected chi connectivity index (χ2v) is 13.0. The van der Waals surface area contributed by atoms with E-state index in [1.165, 1.54) is 28.0 Å². The lowest BCUT2D eigenvalue weighted by molar-refractivity contribution is -0.132. The fourth-order valence-electron chi connectivity index (χ4n) is 4.42. The number of hydrogen-bond donors (Lipinski definition) is 1. The number of ketones is 1. The van der Waals surface area contributed by atoms with Gasteiger partial charge in [0, 0.05) is 21.4 Å². The Morgan fingerprint density at radius 1 is 1.05 bits per heavy atom. The van der Waals surface area contributed by atoms with Crippen molar-refractivity contribution in [1.82, 2.24) is 10.2 Å². The maximum absolute atomic E-state index is 13.5. The molecule has 0 bridgehead atoms. The van der Waals surface area contributed by atoms with Crippen LogP contribution in [0.4, 0.5) is 5.13 Å². The van der Waals surface area contributed by atoms with Gasteiger partial charge in [-0.05, 0) is 47.7 Å². The molecule has 0 aliphatic carbocycles. The number of benzene rings is 3. The number of aromatic nitrogens is 2. The second kappa shape index (κ2) is 13.3. The van der Waals surface area contributed by atoms with Crippen molar-refractivity contribution >= 4 is 68.9 Å². The van der Waals surface area contributed by atoms with Gasteiger partial charge in [0.25, 0.3) is 5.78 Å². The van der Waals surface area contributed by atoms with Gasteiger partial charge in [-0.3, -0.25) is 14.5 Å². The van der Waals surface area contributed by atoms with E-state index in [0.29, 0.717) is 49.5 Å². The van der Waals surface area contributed by atoms with Gasteiger partial charge >= 0.3 is 5.91 Å². The molecule has 0 saturated carbocycles. The van der Waals surface area contributed by atoms with Crippen molar-refractivity contribution in [1.29, 1.82) is 0 Å². The van der Waals surface area contributed by atoms with Crippen LogP contribution in [-0.2, 0) is 15.3 Å². The van der Waals surface area contributed by atoms with E-state index >= 15 is 0 Å². The van der Waals surface area contributed by atoms with E-state index in [2.05, 4.69) is 24.0 Å². The van der Waals surface area contributed by atoms with Crippen LogP contribution in [0.25, 0.3) is 5.76 Å². The van der Waals surface area contributed by atoms with Crippen molar-refractivity contribution in [3.05, 3.63) is 105 Å². The fraction of sp³-hybridized carbons (Fsp3) is 0.226. The normalized spacial score (nSPS) is 16.4. The number of amides is 1. The standard InChI is InChI=1S/C31H27Cl2N3O4S2/c1-18(2)13-14-40-23-10-6-9-20(15-23)26-25(27(37)19-7-4-3-5-8-19)28(38)29(39)36(26)30-34-35-31(42-30)41-17-21-11-12-22(32)16-24(21)33/h3-12,15-16,18,26,37H,13-14,17H2,1-2H3/b27-25+. The molecule has 1 aliphatic rings. The molecule has 11 heteroatoms. The molecule has 1 N–H and O–H groups in total. The van der Waals surface area contributed by atoms with Crippen molar-refractivity contribution in [3.63, 3.8) is 0 Å². The van der Waals surface area contributed by atoms with Crippen molar-refractivity contribution in [3.8, 4) is 5.75 Å². The van der Waals surface area contributed by atoms with Crippen molar-refractivity contribution < 1.29 is 19.4 Å². The zero-order valence-corrected chi connectivity index (χ0v) is 25.9. The van der Waals surface area contributed by atoms with Crippen LogP contribution in [0.1, 0.15) is 43.0 Å². The first-order chi connectivity index (χ1) is 20.2. The van der Waals surface area contributed by atoms with Gasteiger partial charge in [-0.15, -0.1) is 10.2 Å². The Hall–Kier alpha value is -3.37. The molecule has 0 spiro atoms. The molecule has 3 aromatic carbocycles. The van der Waals surface area contributed by atoms with Gasteiger partial charge in [0.15, 0.2) is 4.34 Å². The fourth-order valence-corrected chi connectivity index (χ4v) is 6.85. The molecule has 2 heterocycles. The number of Topliss-reactive ketones (excluding diaryl/α,β-unsaturated/α-hetero) is 1. The van der Waals surface area contributed by atoms with E-state index in [4.69, 9.17) is 27.9 Å². The number of anilines is 1. The minimum Gasteiger partial charge on any atom is -0.507 e. The zero-order chi connectivity index (χ0) is 29.8. The number of aliphatic hydroxyl groups excluding tert-OH is 1. The molecule has 1 amide bonds. The molecule has 216 valence electrons. The smallest absolute Gasteiger partial charge is 0.301 e. The summed E-state index contributed by atoms with van der Waals surface area (Å²) in [4.78, 5) is 28.3. The minimum atomic E-state index is -0.935. The van der Waals surface area contributed by atoms with Crippen LogP contribution in [0.15, 0.2) is 82.7 Å². The Morgan fingerprint density at radius 3 is 2.57 bits per heavy atom. The lowest BCUT2D eigenvalue weighted by Crippen LogP contribution is -2.29. The predicted octanol–water partition coefficient (Wildman–Crippen LogP) is 8.19. The van der Waals surface area contributed by atoms with Crippen LogP contribution >= 0.6 is 46.3 Å². The summed E-state index contributed by atoms with van der Waals surface area (Å²) in [7, 11) is 0. The van der Waals surface area contributed by atoms with E-state index in [0.717, 1.165) is 12.0 Å². The SMILES string of the molecule is CC(C)CCOc1cccc(C2/C(=C(\O)c3ccccc3)C(=O)C(=O)N2c2nnc(SCc3ccc(Cl)cc3Cl)s2)c1. The van der Waals surface area contributed by atoms with Crippen LogP contribution in [-0.4, -0.2) is 33.6 Å². The van der Waals surface area contributed by atoms with Crippen LogP contribution in [0.3, 0.4) is 0 Å². The summed E-state index contributed by atoms with van der Waals surface area (Å²) in [6, 6.07) is 20.3. The summed E-state index contributed by atoms with van der Waals surface area (Å²) in [6.45, 7) is 4.77. The highest BCUT2D eigenvalue weighted by Crippen LogP contribution is 2.44. The molecule has 1 atom stereocenters. The van der Waals surface area contributed by atoms with E-state index in [9.17, 15) is 14.7 Å². The lowest BCUT2D eigenvalue weighted by atomic mass is 9.95. The highest BCUT2D eigenvalue weighted by molar-refractivity contribution is 8.00. The molecule has 1 fully saturated rings. The number of aliphatic hydroxyl groups is 1. The summed E-state index contributed by atoms with van der Waals surface area (Å²) in [5, 5.41) is 21.2. The first-order valence-corrected chi connectivity index (χ1v) is 15.8. The van der Waals surface area contributed by atoms with E-state index in [-0.39, 0.29) is 16.5 Å². The van der Waals surface area contributed by atoms with E-state index in [1.54, 1.807) is 54.6 Å². The molecule has 0 radical (unpaired) electrons. The van der Waals surface area contributed by atoms with E-state index in [1.807, 2.05) is 18.2 Å². The maximum atomic E-state index is 13.5. The number of ether oxygens (including phenoxy) is 1. The van der Waals surface area contributed by atoms with Crippen molar-refractivity contribution in [2.24, 2.45) is 5.92 Å². The van der Waals surface area contributed by atoms with Gasteiger partial charge in [0.1, 0.15) is 11.5 Å². The monoisotopic (exact) mass is 639 g/mol. The zero-order valence-electron chi connectivity index (χ0n) is 22.8. The Kier molecular flexibility index (Phi) is 9.53. The Bertz CT molecular complexity index is 1640. The molecule has 7 nitrogen and oxygen atoms in total. The van der Waals surface area contributed by atoms with Crippen LogP contribution in [0.5, 0.6) is 5.75 Å². The number of rotatable bonds is 10. The van der Waals surface area contributed by atoms with Crippen LogP contribution in [0.2, 0.25) is 10.0 Å². The summed E-state index contributed by atoms with van der Waals surface area (Å²) in [6.07, 6.45) is 0.878. The van der Waals surface area contributed by atoms with Crippen LogP contribution < -0.4 is 9.64 Å². The number of nitrogens with zero attached hydrogens (tertiary/aromatic N) is 3. The number of halogens is 2. The average molecular weight is 641 g/mol. The third kappa shape index (κ3) is 6.65. The summed E-state index contributed by atoms with van der Waals surface area (Å²) in [5.41, 5.74) is 1.88. The molecule has 1 aliphatic heterocycles. The third-order valence-corrected chi connectivity index (χ3v) is 9.29. The van der Waals surface area contributed by atoms with Crippen molar-refractivity contribution in [2.45, 2.75) is 36.4 Å². The minimum absolute atomic E-state index is 0.0251. The summed E-state index contributed by atoms with van der Waals surface area (Å²) >= 11 is 14.9. The summed E-state index contributed by atoms with van der Waals surface area (Å²) in [5.74, 6) is -0.263. The predicted molar refractivity (Wildman–Crippen MR) is 169 cm³/mol. The highest BCUT2D eigenvalue weighted by atomic mass is 35.5. The van der Waals surface area contributed by atoms with Gasteiger partial charge in [0.05, 0.1) is 18.2 Å². The first kappa shape index (κ1) is 30.1. The topological polar surface area (TPSA) is 92.6 Å². The number of carbonyl (C=O) groups is 2. The van der Waals surface area contributed by atoms with Gasteiger partial charge < -0.3 is 9.84 Å². The van der Waals surface area contributed by atoms with Gasteiger partial charge in [-0.25, -0.2) is 0 Å². The largest absolute Gasteiger partial charge is 0.507 e. The Labute approximate surface area is 262 Å². The lowest BCUT2D eigenvalue weighted by Gasteiger charge is -2.23. The average Bonchev–Trinajstić information content (AvgIpc) is 3.54. The molecule has 1 unspecified atom stereocenters. The summed E-state index contributed by atoms with van der Waals surface area (Å²) < 4.78 is 6.56. The molecule has 4 aromatic rings. The second-order valence-electron chi connectivity index (χ2n) is 10.0. The van der Waals surface area contributed by atoms with Gasteiger partial charge in [-0.2, -0.15) is 0 Å². The number of hydrogen-bond acceptors (Lipinski definition) is 8. The maximum Gasteiger partial charge on any atom is 0.301 e. The van der Waals surface area contributed by atoms with Gasteiger partial charge in [-0.1, -0.05) is 109 Å². The highest BCUT2D eigenvalue weighted by Gasteiger charge is 2.48.